The van der Waals surface area contributed by atoms with Crippen LogP contribution in [0.3, 0.4) is 0 Å². The highest BCUT2D eigenvalue weighted by molar-refractivity contribution is 7.73. The minimum atomic E-state index is -0.982. The number of carbonyl (C=O) groups is 1. The lowest BCUT2D eigenvalue weighted by Crippen LogP contribution is -1.97. The molecule has 2 N–H and O–H groups in total. The van der Waals surface area contributed by atoms with Gasteiger partial charge < -0.3 is 10.2 Å². The van der Waals surface area contributed by atoms with Gasteiger partial charge in [0.25, 0.3) is 0 Å². The van der Waals surface area contributed by atoms with Crippen LogP contribution in [0.4, 0.5) is 0 Å². The molecule has 82 valence electrons. The van der Waals surface area contributed by atoms with Crippen LogP contribution in [0.1, 0.15) is 10.4 Å². The first-order valence-corrected chi connectivity index (χ1v) is 5.61. The summed E-state index contributed by atoms with van der Waals surface area (Å²) in [6, 6.07) is 6.14. The number of rotatable bonds is 2. The van der Waals surface area contributed by atoms with Crippen molar-refractivity contribution in [1.29, 1.82) is 0 Å². The van der Waals surface area contributed by atoms with Gasteiger partial charge in [-0.1, -0.05) is 0 Å². The molecular formula is C10H7NO3S2. The number of thiazole rings is 1. The quantitative estimate of drug-likeness (QED) is 0.808. The van der Waals surface area contributed by atoms with Gasteiger partial charge in [0.2, 0.25) is 5.88 Å². The van der Waals surface area contributed by atoms with Crippen molar-refractivity contribution in [2.45, 2.75) is 0 Å². The Morgan fingerprint density at radius 3 is 2.38 bits per heavy atom. The Morgan fingerprint density at radius 1 is 1.31 bits per heavy atom. The van der Waals surface area contributed by atoms with Gasteiger partial charge in [-0.25, -0.2) is 4.79 Å². The molecule has 4 nitrogen and oxygen atoms in total. The molecule has 1 heterocycles. The molecule has 6 heteroatoms. The van der Waals surface area contributed by atoms with Gasteiger partial charge in [-0.3, -0.25) is 4.57 Å². The SMILES string of the molecule is O=C(O)c1ccc(-n2c(O)csc2=S)cc1. The Balaban J connectivity index is 2.50. The van der Waals surface area contributed by atoms with Crippen molar-refractivity contribution in [3.05, 3.63) is 39.2 Å². The predicted octanol–water partition coefficient (Wildman–Crippen LogP) is 2.67. The minimum Gasteiger partial charge on any atom is -0.494 e. The molecule has 16 heavy (non-hydrogen) atoms. The molecule has 0 radical (unpaired) electrons. The zero-order valence-corrected chi connectivity index (χ0v) is 9.59. The van der Waals surface area contributed by atoms with Crippen LogP contribution in [0.25, 0.3) is 5.69 Å². The minimum absolute atomic E-state index is 0.0538. The average Bonchev–Trinajstić information content (AvgIpc) is 2.59. The lowest BCUT2D eigenvalue weighted by molar-refractivity contribution is 0.0697. The fourth-order valence-corrected chi connectivity index (χ4v) is 2.25. The second-order valence-electron chi connectivity index (χ2n) is 3.05. The summed E-state index contributed by atoms with van der Waals surface area (Å²) in [5.74, 6) is -0.928. The van der Waals surface area contributed by atoms with Crippen molar-refractivity contribution in [2.75, 3.05) is 0 Å². The summed E-state index contributed by atoms with van der Waals surface area (Å²) in [6.07, 6.45) is 0. The standard InChI is InChI=1S/C10H7NO3S2/c12-8-5-16-10(15)11(8)7-3-1-6(2-4-7)9(13)14/h1-5,12H,(H,13,14). The van der Waals surface area contributed by atoms with Gasteiger partial charge in [-0.2, -0.15) is 0 Å². The molecule has 1 aromatic carbocycles. The van der Waals surface area contributed by atoms with Crippen LogP contribution in [0, 0.1) is 3.95 Å². The second kappa shape index (κ2) is 4.07. The molecule has 2 rings (SSSR count). The van der Waals surface area contributed by atoms with Gasteiger partial charge in [0.05, 0.1) is 16.6 Å². The Bertz CT molecular complexity index is 583. The number of hydrogen-bond donors (Lipinski definition) is 2. The summed E-state index contributed by atoms with van der Waals surface area (Å²) in [5.41, 5.74) is 0.846. The maximum absolute atomic E-state index is 10.7. The van der Waals surface area contributed by atoms with E-state index in [0.717, 1.165) is 0 Å². The van der Waals surface area contributed by atoms with Crippen molar-refractivity contribution in [3.63, 3.8) is 0 Å². The van der Waals surface area contributed by atoms with Crippen molar-refractivity contribution in [2.24, 2.45) is 0 Å². The van der Waals surface area contributed by atoms with Crippen molar-refractivity contribution < 1.29 is 15.0 Å². The summed E-state index contributed by atoms with van der Waals surface area (Å²) in [6.45, 7) is 0. The first kappa shape index (κ1) is 10.8. The Morgan fingerprint density at radius 2 is 1.94 bits per heavy atom. The monoisotopic (exact) mass is 253 g/mol. The Hall–Kier alpha value is -1.66. The van der Waals surface area contributed by atoms with Gasteiger partial charge in [0.1, 0.15) is 0 Å². The fourth-order valence-electron chi connectivity index (χ4n) is 1.29. The maximum atomic E-state index is 10.7. The lowest BCUT2D eigenvalue weighted by Gasteiger charge is -2.04. The van der Waals surface area contributed by atoms with E-state index in [1.807, 2.05) is 0 Å². The van der Waals surface area contributed by atoms with Crippen LogP contribution < -0.4 is 0 Å². The molecule has 0 aliphatic rings. The molecule has 0 saturated heterocycles. The molecule has 0 unspecified atom stereocenters. The Labute approximate surface area is 100 Å². The molecule has 2 aromatic rings. The molecule has 1 aromatic heterocycles. The number of hydrogen-bond acceptors (Lipinski definition) is 4. The first-order chi connectivity index (χ1) is 7.59. The topological polar surface area (TPSA) is 62.5 Å². The highest BCUT2D eigenvalue weighted by atomic mass is 32.1. The van der Waals surface area contributed by atoms with Gasteiger partial charge in [0.15, 0.2) is 3.95 Å². The van der Waals surface area contributed by atoms with Crippen LogP contribution in [-0.2, 0) is 0 Å². The van der Waals surface area contributed by atoms with Crippen LogP contribution in [0.2, 0.25) is 0 Å². The summed E-state index contributed by atoms with van der Waals surface area (Å²) in [7, 11) is 0. The van der Waals surface area contributed by atoms with E-state index in [0.29, 0.717) is 9.64 Å². The van der Waals surface area contributed by atoms with Crippen LogP contribution in [0.5, 0.6) is 5.88 Å². The van der Waals surface area contributed by atoms with Gasteiger partial charge >= 0.3 is 5.97 Å². The van der Waals surface area contributed by atoms with E-state index < -0.39 is 5.97 Å². The number of benzene rings is 1. The Kier molecular flexibility index (Phi) is 2.76. The first-order valence-electron chi connectivity index (χ1n) is 4.33. The molecule has 0 amide bonds. The summed E-state index contributed by atoms with van der Waals surface area (Å²) in [5, 5.41) is 19.8. The molecular weight excluding hydrogens is 246 g/mol. The number of aromatic hydroxyl groups is 1. The van der Waals surface area contributed by atoms with Crippen molar-refractivity contribution >= 4 is 29.5 Å². The molecule has 0 aliphatic heterocycles. The molecule has 0 aliphatic carbocycles. The van der Waals surface area contributed by atoms with E-state index in [4.69, 9.17) is 17.3 Å². The van der Waals surface area contributed by atoms with Gasteiger partial charge in [-0.15, -0.1) is 11.3 Å². The molecule has 0 saturated carbocycles. The normalized spacial score (nSPS) is 10.2. The fraction of sp³-hybridized carbons (Fsp3) is 0. The highest BCUT2D eigenvalue weighted by Gasteiger charge is 2.06. The largest absolute Gasteiger partial charge is 0.494 e. The summed E-state index contributed by atoms with van der Waals surface area (Å²) in [4.78, 5) is 10.7. The third-order valence-electron chi connectivity index (χ3n) is 2.05. The third kappa shape index (κ3) is 1.84. The number of carboxylic acid groups (broad SMARTS) is 1. The van der Waals surface area contributed by atoms with E-state index in [1.165, 1.54) is 33.4 Å². The average molecular weight is 253 g/mol. The van der Waals surface area contributed by atoms with Crippen LogP contribution in [-0.4, -0.2) is 20.7 Å². The molecule has 0 spiro atoms. The lowest BCUT2D eigenvalue weighted by atomic mass is 10.2. The summed E-state index contributed by atoms with van der Waals surface area (Å²) < 4.78 is 1.99. The van der Waals surface area contributed by atoms with Gasteiger partial charge in [-0.05, 0) is 36.5 Å². The molecule has 0 atom stereocenters. The number of aromatic carboxylic acids is 1. The predicted molar refractivity (Wildman–Crippen MR) is 63.1 cm³/mol. The molecule has 0 fully saturated rings. The van der Waals surface area contributed by atoms with Gasteiger partial charge in [0, 0.05) is 0 Å². The highest BCUT2D eigenvalue weighted by Crippen LogP contribution is 2.23. The number of aromatic nitrogens is 1. The van der Waals surface area contributed by atoms with Crippen LogP contribution >= 0.6 is 23.6 Å². The van der Waals surface area contributed by atoms with E-state index in [2.05, 4.69) is 0 Å². The number of nitrogens with zero attached hydrogens (tertiary/aromatic N) is 1. The summed E-state index contributed by atoms with van der Waals surface area (Å²) >= 11 is 6.29. The van der Waals surface area contributed by atoms with E-state index >= 15 is 0 Å². The van der Waals surface area contributed by atoms with E-state index in [1.54, 1.807) is 12.1 Å². The zero-order valence-electron chi connectivity index (χ0n) is 7.95. The second-order valence-corrected chi connectivity index (χ2v) is 4.55. The molecule has 0 bridgehead atoms. The third-order valence-corrected chi connectivity index (χ3v) is 3.23. The van der Waals surface area contributed by atoms with E-state index in [9.17, 15) is 9.90 Å². The maximum Gasteiger partial charge on any atom is 0.335 e. The van der Waals surface area contributed by atoms with Crippen LogP contribution in [0.15, 0.2) is 29.6 Å². The zero-order chi connectivity index (χ0) is 11.7. The smallest absolute Gasteiger partial charge is 0.335 e. The number of carboxylic acids is 1. The van der Waals surface area contributed by atoms with Crippen molar-refractivity contribution in [1.82, 2.24) is 4.57 Å². The van der Waals surface area contributed by atoms with E-state index in [-0.39, 0.29) is 11.4 Å². The van der Waals surface area contributed by atoms with Crippen molar-refractivity contribution in [3.8, 4) is 11.6 Å².